The highest BCUT2D eigenvalue weighted by molar-refractivity contribution is 6.07. The van der Waals surface area contributed by atoms with Crippen molar-refractivity contribution in [3.8, 4) is 0 Å². The number of imide groups is 1. The van der Waals surface area contributed by atoms with Gasteiger partial charge in [0.25, 0.3) is 5.91 Å². The van der Waals surface area contributed by atoms with Crippen LogP contribution in [0.4, 0.5) is 4.79 Å². The Labute approximate surface area is 105 Å². The fraction of sp³-hybridized carbons (Fsp3) is 0.750. The van der Waals surface area contributed by atoms with E-state index < -0.39 is 11.5 Å². The third-order valence-electron chi connectivity index (χ3n) is 3.73. The van der Waals surface area contributed by atoms with Crippen molar-refractivity contribution in [2.24, 2.45) is 0 Å². The van der Waals surface area contributed by atoms with Gasteiger partial charge in [0.15, 0.2) is 0 Å². The van der Waals surface area contributed by atoms with Crippen molar-refractivity contribution in [2.75, 3.05) is 6.54 Å². The fourth-order valence-electron chi connectivity index (χ4n) is 2.76. The van der Waals surface area contributed by atoms with Gasteiger partial charge in [0.1, 0.15) is 5.54 Å². The number of nitrogens with zero attached hydrogens (tertiary/aromatic N) is 1. The molecule has 0 aromatic carbocycles. The van der Waals surface area contributed by atoms with E-state index in [2.05, 4.69) is 5.32 Å². The minimum atomic E-state index is -0.908. The molecule has 0 bridgehead atoms. The summed E-state index contributed by atoms with van der Waals surface area (Å²) in [6, 6.07) is -0.368. The molecule has 1 aliphatic heterocycles. The molecule has 100 valence electrons. The van der Waals surface area contributed by atoms with Gasteiger partial charge >= 0.3 is 12.0 Å². The number of carboxylic acids is 1. The maximum atomic E-state index is 12.3. The van der Waals surface area contributed by atoms with Crippen molar-refractivity contribution in [1.82, 2.24) is 10.2 Å². The van der Waals surface area contributed by atoms with E-state index in [4.69, 9.17) is 5.11 Å². The van der Waals surface area contributed by atoms with E-state index >= 15 is 0 Å². The summed E-state index contributed by atoms with van der Waals surface area (Å²) in [4.78, 5) is 35.6. The summed E-state index contributed by atoms with van der Waals surface area (Å²) in [6.07, 6.45) is 4.70. The van der Waals surface area contributed by atoms with E-state index in [9.17, 15) is 14.4 Å². The molecule has 2 N–H and O–H groups in total. The maximum absolute atomic E-state index is 12.3. The first kappa shape index (κ1) is 12.9. The van der Waals surface area contributed by atoms with E-state index in [0.29, 0.717) is 19.3 Å². The normalized spacial score (nSPS) is 22.3. The molecule has 3 amide bonds. The van der Waals surface area contributed by atoms with Crippen LogP contribution in [0.25, 0.3) is 0 Å². The molecule has 1 aliphatic carbocycles. The van der Waals surface area contributed by atoms with Crippen molar-refractivity contribution in [1.29, 1.82) is 0 Å². The van der Waals surface area contributed by atoms with E-state index in [1.54, 1.807) is 0 Å². The Kier molecular flexibility index (Phi) is 3.54. The van der Waals surface area contributed by atoms with Gasteiger partial charge in [0, 0.05) is 13.0 Å². The number of amides is 3. The van der Waals surface area contributed by atoms with Crippen molar-refractivity contribution >= 4 is 17.9 Å². The number of hydrogen-bond donors (Lipinski definition) is 2. The summed E-state index contributed by atoms with van der Waals surface area (Å²) in [5.74, 6) is -1.08. The van der Waals surface area contributed by atoms with Gasteiger partial charge in [-0.1, -0.05) is 19.3 Å². The first-order valence-electron chi connectivity index (χ1n) is 6.41. The number of rotatable bonds is 4. The van der Waals surface area contributed by atoms with E-state index in [-0.39, 0.29) is 24.9 Å². The van der Waals surface area contributed by atoms with Crippen molar-refractivity contribution in [3.05, 3.63) is 0 Å². The van der Waals surface area contributed by atoms with Crippen LogP contribution >= 0.6 is 0 Å². The summed E-state index contributed by atoms with van der Waals surface area (Å²) >= 11 is 0. The lowest BCUT2D eigenvalue weighted by molar-refractivity contribution is -0.138. The van der Waals surface area contributed by atoms with Crippen LogP contribution in [0.1, 0.15) is 44.9 Å². The fourth-order valence-corrected chi connectivity index (χ4v) is 2.76. The summed E-state index contributed by atoms with van der Waals surface area (Å²) < 4.78 is 0. The molecule has 0 aromatic heterocycles. The average Bonchev–Trinajstić information content (AvgIpc) is 2.54. The number of hydrogen-bond acceptors (Lipinski definition) is 3. The Morgan fingerprint density at radius 3 is 2.56 bits per heavy atom. The molecule has 0 atom stereocenters. The molecule has 2 aliphatic rings. The number of carboxylic acid groups (broad SMARTS) is 1. The average molecular weight is 254 g/mol. The van der Waals surface area contributed by atoms with Crippen molar-refractivity contribution < 1.29 is 19.5 Å². The molecule has 0 aromatic rings. The number of nitrogens with one attached hydrogen (secondary N) is 1. The van der Waals surface area contributed by atoms with Crippen LogP contribution in [0.3, 0.4) is 0 Å². The quantitative estimate of drug-likeness (QED) is 0.736. The van der Waals surface area contributed by atoms with Gasteiger partial charge in [0.2, 0.25) is 0 Å². The Hall–Kier alpha value is -1.59. The second-order valence-corrected chi connectivity index (χ2v) is 5.03. The van der Waals surface area contributed by atoms with Crippen LogP contribution in [0.5, 0.6) is 0 Å². The van der Waals surface area contributed by atoms with E-state index in [1.807, 2.05) is 0 Å². The molecule has 1 saturated heterocycles. The number of urea groups is 1. The molecular formula is C12H18N2O4. The van der Waals surface area contributed by atoms with Gasteiger partial charge in [0.05, 0.1) is 0 Å². The second kappa shape index (κ2) is 4.96. The lowest BCUT2D eigenvalue weighted by Crippen LogP contribution is -2.48. The SMILES string of the molecule is O=C(O)CCCN1C(=O)NC2(CCCCC2)C1=O. The molecule has 0 radical (unpaired) electrons. The zero-order valence-electron chi connectivity index (χ0n) is 10.3. The summed E-state index contributed by atoms with van der Waals surface area (Å²) in [7, 11) is 0. The molecule has 0 unspecified atom stereocenters. The lowest BCUT2D eigenvalue weighted by Gasteiger charge is -2.30. The summed E-state index contributed by atoms with van der Waals surface area (Å²) in [6.45, 7) is 0.193. The van der Waals surface area contributed by atoms with Crippen molar-refractivity contribution in [3.63, 3.8) is 0 Å². The highest BCUT2D eigenvalue weighted by Crippen LogP contribution is 2.33. The first-order valence-corrected chi connectivity index (χ1v) is 6.41. The minimum Gasteiger partial charge on any atom is -0.481 e. The Morgan fingerprint density at radius 2 is 1.94 bits per heavy atom. The number of carbonyl (C=O) groups is 3. The van der Waals surface area contributed by atoms with Crippen LogP contribution in [0.15, 0.2) is 0 Å². The Balaban J connectivity index is 1.98. The summed E-state index contributed by atoms with van der Waals surface area (Å²) in [5.41, 5.74) is -0.696. The third kappa shape index (κ3) is 2.32. The Bertz CT molecular complexity index is 374. The predicted molar refractivity (Wildman–Crippen MR) is 62.9 cm³/mol. The monoisotopic (exact) mass is 254 g/mol. The minimum absolute atomic E-state index is 0.0237. The van der Waals surface area contributed by atoms with Crippen LogP contribution in [0, 0.1) is 0 Å². The third-order valence-corrected chi connectivity index (χ3v) is 3.73. The number of carbonyl (C=O) groups excluding carboxylic acids is 2. The smallest absolute Gasteiger partial charge is 0.325 e. The predicted octanol–water partition coefficient (Wildman–Crippen LogP) is 1.11. The molecule has 6 heteroatoms. The molecule has 1 saturated carbocycles. The van der Waals surface area contributed by atoms with Crippen LogP contribution < -0.4 is 5.32 Å². The highest BCUT2D eigenvalue weighted by Gasteiger charge is 2.50. The maximum Gasteiger partial charge on any atom is 0.325 e. The van der Waals surface area contributed by atoms with Gasteiger partial charge in [-0.3, -0.25) is 14.5 Å². The topological polar surface area (TPSA) is 86.7 Å². The van der Waals surface area contributed by atoms with E-state index in [1.165, 1.54) is 4.90 Å². The van der Waals surface area contributed by atoms with Gasteiger partial charge < -0.3 is 10.4 Å². The molecule has 6 nitrogen and oxygen atoms in total. The standard InChI is InChI=1S/C12H18N2O4/c15-9(16)5-4-8-14-10(17)12(13-11(14)18)6-2-1-3-7-12/h1-8H2,(H,13,18)(H,15,16). The van der Waals surface area contributed by atoms with Crippen LogP contribution in [-0.4, -0.2) is 40.0 Å². The molecule has 1 spiro atoms. The van der Waals surface area contributed by atoms with Gasteiger partial charge in [-0.05, 0) is 19.3 Å². The van der Waals surface area contributed by atoms with Crippen molar-refractivity contribution in [2.45, 2.75) is 50.5 Å². The van der Waals surface area contributed by atoms with Gasteiger partial charge in [-0.2, -0.15) is 0 Å². The first-order chi connectivity index (χ1) is 8.55. The van der Waals surface area contributed by atoms with Gasteiger partial charge in [-0.25, -0.2) is 4.79 Å². The highest BCUT2D eigenvalue weighted by atomic mass is 16.4. The van der Waals surface area contributed by atoms with Gasteiger partial charge in [-0.15, -0.1) is 0 Å². The van der Waals surface area contributed by atoms with Crippen LogP contribution in [0.2, 0.25) is 0 Å². The van der Waals surface area contributed by atoms with Crippen LogP contribution in [-0.2, 0) is 9.59 Å². The van der Waals surface area contributed by atoms with E-state index in [0.717, 1.165) is 19.3 Å². The molecule has 18 heavy (non-hydrogen) atoms. The molecular weight excluding hydrogens is 236 g/mol. The second-order valence-electron chi connectivity index (χ2n) is 5.03. The zero-order valence-corrected chi connectivity index (χ0v) is 10.3. The zero-order chi connectivity index (χ0) is 13.2. The molecule has 2 rings (SSSR count). The lowest BCUT2D eigenvalue weighted by atomic mass is 9.82. The Morgan fingerprint density at radius 1 is 1.28 bits per heavy atom. The molecule has 2 fully saturated rings. The summed E-state index contributed by atoms with van der Waals surface area (Å²) in [5, 5.41) is 11.4. The molecule has 1 heterocycles. The largest absolute Gasteiger partial charge is 0.481 e. The number of aliphatic carboxylic acids is 1.